The fraction of sp³-hybridized carbons (Fsp3) is 0.833. The van der Waals surface area contributed by atoms with Crippen molar-refractivity contribution in [3.05, 3.63) is 0 Å². The van der Waals surface area contributed by atoms with Crippen LogP contribution in [0.25, 0.3) is 0 Å². The zero-order chi connectivity index (χ0) is 6.41. The van der Waals surface area contributed by atoms with Crippen molar-refractivity contribution in [1.82, 2.24) is 0 Å². The number of hydrogen-bond donors (Lipinski definition) is 1. The van der Waals surface area contributed by atoms with Crippen LogP contribution in [0.5, 0.6) is 0 Å². The smallest absolute Gasteiger partial charge is 0.153 e. The van der Waals surface area contributed by atoms with Crippen molar-refractivity contribution in [2.24, 2.45) is 5.73 Å². The summed E-state index contributed by atoms with van der Waals surface area (Å²) in [5.74, 6) is 0. The van der Waals surface area contributed by atoms with Crippen molar-refractivity contribution in [3.63, 3.8) is 0 Å². The molecule has 0 fully saturated rings. The maximum atomic E-state index is 5.28. The van der Waals surface area contributed by atoms with E-state index in [1.165, 1.54) is 0 Å². The predicted octanol–water partition coefficient (Wildman–Crippen LogP) is 0.0682. The summed E-state index contributed by atoms with van der Waals surface area (Å²) < 4.78 is 2.18. The van der Waals surface area contributed by atoms with Gasteiger partial charge in [-0.05, 0) is 13.8 Å². The van der Waals surface area contributed by atoms with Gasteiger partial charge in [-0.2, -0.15) is 0 Å². The zero-order valence-electron chi connectivity index (χ0n) is 5.72. The molecule has 0 atom stereocenters. The Labute approximate surface area is 51.0 Å². The Morgan fingerprint density at radius 2 is 1.88 bits per heavy atom. The normalized spacial score (nSPS) is 8.88. The van der Waals surface area contributed by atoms with Gasteiger partial charge < -0.3 is 5.73 Å². The van der Waals surface area contributed by atoms with E-state index in [2.05, 4.69) is 18.4 Å². The average Bonchev–Trinajstić information content (AvgIpc) is 1.83. The molecule has 2 nitrogen and oxygen atoms in total. The van der Waals surface area contributed by atoms with Crippen LogP contribution >= 0.6 is 0 Å². The van der Waals surface area contributed by atoms with E-state index in [0.29, 0.717) is 6.54 Å². The molecule has 0 bridgehead atoms. The molecule has 0 aliphatic rings. The molecule has 8 heavy (non-hydrogen) atoms. The Kier molecular flexibility index (Phi) is 4.56. The first-order valence-electron chi connectivity index (χ1n) is 3.12. The lowest BCUT2D eigenvalue weighted by Gasteiger charge is -1.92. The van der Waals surface area contributed by atoms with Crippen molar-refractivity contribution in [1.29, 1.82) is 0 Å². The van der Waals surface area contributed by atoms with Crippen LogP contribution in [-0.4, -0.2) is 30.4 Å². The van der Waals surface area contributed by atoms with E-state index in [4.69, 9.17) is 5.73 Å². The van der Waals surface area contributed by atoms with E-state index in [1.807, 2.05) is 6.21 Å². The van der Waals surface area contributed by atoms with Crippen LogP contribution in [0.4, 0.5) is 0 Å². The third kappa shape index (κ3) is 2.75. The minimum Gasteiger partial charge on any atom is -0.322 e. The van der Waals surface area contributed by atoms with E-state index in [9.17, 15) is 0 Å². The van der Waals surface area contributed by atoms with Crippen LogP contribution < -0.4 is 5.73 Å². The average molecular weight is 115 g/mol. The van der Waals surface area contributed by atoms with Crippen molar-refractivity contribution < 1.29 is 4.58 Å². The summed E-state index contributed by atoms with van der Waals surface area (Å²) in [6, 6.07) is 0. The van der Waals surface area contributed by atoms with Crippen molar-refractivity contribution >= 4 is 6.21 Å². The Bertz CT molecular complexity index is 70.6. The number of nitrogens with two attached hydrogens (primary N) is 1. The quantitative estimate of drug-likeness (QED) is 0.409. The molecule has 0 aromatic heterocycles. The van der Waals surface area contributed by atoms with Gasteiger partial charge in [0, 0.05) is 0 Å². The molecule has 0 amide bonds. The van der Waals surface area contributed by atoms with E-state index < -0.39 is 0 Å². The third-order valence-corrected chi connectivity index (χ3v) is 1.18. The number of rotatable bonds is 3. The second-order valence-electron chi connectivity index (χ2n) is 1.64. The van der Waals surface area contributed by atoms with E-state index in [0.717, 1.165) is 13.1 Å². The molecule has 2 N–H and O–H groups in total. The van der Waals surface area contributed by atoms with Crippen LogP contribution in [0.1, 0.15) is 13.8 Å². The maximum Gasteiger partial charge on any atom is 0.153 e. The van der Waals surface area contributed by atoms with Gasteiger partial charge in [0.1, 0.15) is 13.1 Å². The summed E-state index contributed by atoms with van der Waals surface area (Å²) in [7, 11) is 0. The van der Waals surface area contributed by atoms with Crippen LogP contribution in [0, 0.1) is 0 Å². The lowest BCUT2D eigenvalue weighted by molar-refractivity contribution is -0.516. The molecule has 0 aliphatic heterocycles. The molecule has 0 aliphatic carbocycles. The Balaban J connectivity index is 3.49. The third-order valence-electron chi connectivity index (χ3n) is 1.18. The van der Waals surface area contributed by atoms with Gasteiger partial charge in [0.05, 0.1) is 6.54 Å². The highest BCUT2D eigenvalue weighted by Gasteiger charge is 1.89. The number of hydrogen-bond acceptors (Lipinski definition) is 1. The minimum atomic E-state index is 0.654. The second-order valence-corrected chi connectivity index (χ2v) is 1.64. The van der Waals surface area contributed by atoms with Gasteiger partial charge in [-0.3, -0.25) is 0 Å². The molecule has 0 saturated heterocycles. The van der Waals surface area contributed by atoms with Crippen LogP contribution in [-0.2, 0) is 0 Å². The Morgan fingerprint density at radius 3 is 2.00 bits per heavy atom. The fourth-order valence-electron chi connectivity index (χ4n) is 0.631. The summed E-state index contributed by atoms with van der Waals surface area (Å²) in [6.45, 7) is 7.02. The van der Waals surface area contributed by atoms with Crippen LogP contribution in [0.2, 0.25) is 0 Å². The predicted molar refractivity (Wildman–Crippen MR) is 36.5 cm³/mol. The van der Waals surface area contributed by atoms with Gasteiger partial charge in [-0.15, -0.1) is 0 Å². The lowest BCUT2D eigenvalue weighted by Crippen LogP contribution is -2.16. The van der Waals surface area contributed by atoms with Crippen LogP contribution in [0.15, 0.2) is 0 Å². The highest BCUT2D eigenvalue weighted by molar-refractivity contribution is 5.53. The summed E-state index contributed by atoms with van der Waals surface area (Å²) >= 11 is 0. The minimum absolute atomic E-state index is 0.654. The highest BCUT2D eigenvalue weighted by atomic mass is 15.0. The molecule has 0 spiro atoms. The standard InChI is InChI=1S/C6H15N2/c1-3-8(4-2)6-5-7/h6H,3-5,7H2,1-2H3/q+1. The van der Waals surface area contributed by atoms with Crippen LogP contribution in [0.3, 0.4) is 0 Å². The molecule has 0 rings (SSSR count). The molecule has 0 heterocycles. The van der Waals surface area contributed by atoms with Gasteiger partial charge in [-0.25, -0.2) is 4.58 Å². The summed E-state index contributed by atoms with van der Waals surface area (Å²) in [4.78, 5) is 0. The molecule has 0 unspecified atom stereocenters. The molecular weight excluding hydrogens is 100 g/mol. The van der Waals surface area contributed by atoms with Crippen molar-refractivity contribution in [3.8, 4) is 0 Å². The van der Waals surface area contributed by atoms with Gasteiger partial charge in [0.2, 0.25) is 0 Å². The van der Waals surface area contributed by atoms with Crippen molar-refractivity contribution in [2.75, 3.05) is 19.6 Å². The molecule has 0 aromatic rings. The molecule has 48 valence electrons. The largest absolute Gasteiger partial charge is 0.322 e. The van der Waals surface area contributed by atoms with Gasteiger partial charge >= 0.3 is 0 Å². The van der Waals surface area contributed by atoms with Crippen molar-refractivity contribution in [2.45, 2.75) is 13.8 Å². The number of nitrogens with zero attached hydrogens (tertiary/aromatic N) is 1. The van der Waals surface area contributed by atoms with Gasteiger partial charge in [0.15, 0.2) is 6.21 Å². The van der Waals surface area contributed by atoms with E-state index >= 15 is 0 Å². The zero-order valence-corrected chi connectivity index (χ0v) is 5.72. The first-order chi connectivity index (χ1) is 3.85. The Hall–Kier alpha value is -0.370. The first kappa shape index (κ1) is 7.63. The molecule has 0 saturated carbocycles. The lowest BCUT2D eigenvalue weighted by atomic mass is 10.6. The fourth-order valence-corrected chi connectivity index (χ4v) is 0.631. The van der Waals surface area contributed by atoms with Gasteiger partial charge in [0.25, 0.3) is 0 Å². The van der Waals surface area contributed by atoms with E-state index in [1.54, 1.807) is 0 Å². The molecule has 2 heteroatoms. The van der Waals surface area contributed by atoms with E-state index in [-0.39, 0.29) is 0 Å². The molecule has 0 radical (unpaired) electrons. The monoisotopic (exact) mass is 115 g/mol. The van der Waals surface area contributed by atoms with Gasteiger partial charge in [-0.1, -0.05) is 0 Å². The summed E-state index contributed by atoms with van der Waals surface area (Å²) in [6.07, 6.45) is 2.01. The second kappa shape index (κ2) is 4.78. The Morgan fingerprint density at radius 1 is 1.38 bits per heavy atom. The summed E-state index contributed by atoms with van der Waals surface area (Å²) in [5, 5.41) is 0. The molecular formula is C6H15N2+. The SMILES string of the molecule is CC[N+](=CCN)CC. The summed E-state index contributed by atoms with van der Waals surface area (Å²) in [5.41, 5.74) is 5.28. The maximum absolute atomic E-state index is 5.28. The topological polar surface area (TPSA) is 29.0 Å². The first-order valence-corrected chi connectivity index (χ1v) is 3.12. The molecule has 0 aromatic carbocycles. The highest BCUT2D eigenvalue weighted by Crippen LogP contribution is 1.68.